The van der Waals surface area contributed by atoms with E-state index in [1.54, 1.807) is 12.1 Å². The first-order chi connectivity index (χ1) is 9.08. The van der Waals surface area contributed by atoms with Crippen LogP contribution in [0.3, 0.4) is 0 Å². The second kappa shape index (κ2) is 6.01. The van der Waals surface area contributed by atoms with E-state index in [0.29, 0.717) is 5.75 Å². The second-order valence-electron chi connectivity index (χ2n) is 3.83. The third kappa shape index (κ3) is 3.44. The third-order valence-electron chi connectivity index (χ3n) is 2.52. The molecular formula is C14H10FIO3. The van der Waals surface area contributed by atoms with Crippen molar-refractivity contribution in [3.05, 3.63) is 63.0 Å². The summed E-state index contributed by atoms with van der Waals surface area (Å²) in [6.45, 7) is -0.00640. The van der Waals surface area contributed by atoms with E-state index in [0.717, 1.165) is 3.57 Å². The van der Waals surface area contributed by atoms with E-state index in [1.165, 1.54) is 18.2 Å². The number of ether oxygens (including phenoxy) is 1. The zero-order valence-corrected chi connectivity index (χ0v) is 11.9. The molecule has 2 aromatic rings. The topological polar surface area (TPSA) is 46.5 Å². The van der Waals surface area contributed by atoms with Gasteiger partial charge in [0.15, 0.2) is 0 Å². The van der Waals surface area contributed by atoms with Crippen LogP contribution in [0.1, 0.15) is 15.9 Å². The van der Waals surface area contributed by atoms with Gasteiger partial charge >= 0.3 is 5.97 Å². The SMILES string of the molecule is O=C(O)c1cccc(COc2ccc(I)cc2)c1F. The molecule has 3 nitrogen and oxygen atoms in total. The number of aromatic carboxylic acids is 1. The number of benzene rings is 2. The van der Waals surface area contributed by atoms with Gasteiger partial charge in [0.25, 0.3) is 0 Å². The summed E-state index contributed by atoms with van der Waals surface area (Å²) in [7, 11) is 0. The minimum absolute atomic E-state index is 0.00640. The maximum Gasteiger partial charge on any atom is 0.338 e. The van der Waals surface area contributed by atoms with Crippen LogP contribution in [0.25, 0.3) is 0 Å². The predicted molar refractivity (Wildman–Crippen MR) is 76.9 cm³/mol. The summed E-state index contributed by atoms with van der Waals surface area (Å²) < 4.78 is 20.3. The number of carboxylic acid groups (broad SMARTS) is 1. The Morgan fingerprint density at radius 3 is 2.53 bits per heavy atom. The van der Waals surface area contributed by atoms with Crippen LogP contribution in [0.2, 0.25) is 0 Å². The molecule has 0 saturated heterocycles. The van der Waals surface area contributed by atoms with Gasteiger partial charge in [0, 0.05) is 9.13 Å². The smallest absolute Gasteiger partial charge is 0.338 e. The first-order valence-electron chi connectivity index (χ1n) is 5.47. The fourth-order valence-corrected chi connectivity index (χ4v) is 1.91. The van der Waals surface area contributed by atoms with Gasteiger partial charge in [-0.25, -0.2) is 9.18 Å². The van der Waals surface area contributed by atoms with Crippen molar-refractivity contribution >= 4 is 28.6 Å². The third-order valence-corrected chi connectivity index (χ3v) is 3.24. The van der Waals surface area contributed by atoms with Crippen LogP contribution in [0.4, 0.5) is 4.39 Å². The molecule has 0 heterocycles. The predicted octanol–water partition coefficient (Wildman–Crippen LogP) is 3.71. The van der Waals surface area contributed by atoms with E-state index in [-0.39, 0.29) is 17.7 Å². The molecule has 0 bridgehead atoms. The van der Waals surface area contributed by atoms with E-state index in [2.05, 4.69) is 22.6 Å². The first-order valence-corrected chi connectivity index (χ1v) is 6.55. The van der Waals surface area contributed by atoms with Gasteiger partial charge in [-0.05, 0) is 52.9 Å². The minimum Gasteiger partial charge on any atom is -0.489 e. The second-order valence-corrected chi connectivity index (χ2v) is 5.07. The highest BCUT2D eigenvalue weighted by atomic mass is 127. The lowest BCUT2D eigenvalue weighted by atomic mass is 10.1. The molecule has 0 saturated carbocycles. The molecule has 5 heteroatoms. The van der Waals surface area contributed by atoms with Gasteiger partial charge in [-0.1, -0.05) is 12.1 Å². The van der Waals surface area contributed by atoms with Crippen molar-refractivity contribution < 1.29 is 19.0 Å². The Bertz CT molecular complexity index is 596. The van der Waals surface area contributed by atoms with Gasteiger partial charge in [-0.2, -0.15) is 0 Å². The first kappa shape index (κ1) is 13.8. The van der Waals surface area contributed by atoms with Crippen LogP contribution in [0, 0.1) is 9.39 Å². The van der Waals surface area contributed by atoms with Crippen LogP contribution in [0.15, 0.2) is 42.5 Å². The normalized spacial score (nSPS) is 10.2. The Kier molecular flexibility index (Phi) is 4.36. The van der Waals surface area contributed by atoms with Crippen LogP contribution in [-0.4, -0.2) is 11.1 Å². The average molecular weight is 372 g/mol. The lowest BCUT2D eigenvalue weighted by molar-refractivity contribution is 0.0691. The summed E-state index contributed by atoms with van der Waals surface area (Å²) >= 11 is 2.17. The van der Waals surface area contributed by atoms with Crippen molar-refractivity contribution in [2.45, 2.75) is 6.61 Å². The molecule has 0 aliphatic heterocycles. The number of carbonyl (C=O) groups is 1. The van der Waals surface area contributed by atoms with Gasteiger partial charge in [0.2, 0.25) is 0 Å². The highest BCUT2D eigenvalue weighted by molar-refractivity contribution is 14.1. The molecule has 0 aliphatic rings. The molecule has 0 unspecified atom stereocenters. The van der Waals surface area contributed by atoms with Crippen molar-refractivity contribution in [3.63, 3.8) is 0 Å². The fourth-order valence-electron chi connectivity index (χ4n) is 1.55. The number of hydrogen-bond acceptors (Lipinski definition) is 2. The lowest BCUT2D eigenvalue weighted by Gasteiger charge is -2.08. The van der Waals surface area contributed by atoms with Crippen LogP contribution in [0.5, 0.6) is 5.75 Å². The Morgan fingerprint density at radius 1 is 1.21 bits per heavy atom. The fraction of sp³-hybridized carbons (Fsp3) is 0.0714. The molecule has 2 rings (SSSR count). The highest BCUT2D eigenvalue weighted by Crippen LogP contribution is 2.18. The van der Waals surface area contributed by atoms with Crippen LogP contribution >= 0.6 is 22.6 Å². The highest BCUT2D eigenvalue weighted by Gasteiger charge is 2.13. The molecule has 0 atom stereocenters. The van der Waals surface area contributed by atoms with Crippen molar-refractivity contribution in [1.29, 1.82) is 0 Å². The van der Waals surface area contributed by atoms with E-state index in [9.17, 15) is 9.18 Å². The molecule has 19 heavy (non-hydrogen) atoms. The maximum absolute atomic E-state index is 13.8. The van der Waals surface area contributed by atoms with Crippen molar-refractivity contribution in [2.75, 3.05) is 0 Å². The minimum atomic E-state index is -1.28. The van der Waals surface area contributed by atoms with Crippen molar-refractivity contribution in [3.8, 4) is 5.75 Å². The summed E-state index contributed by atoms with van der Waals surface area (Å²) in [6, 6.07) is 11.5. The molecule has 0 aromatic heterocycles. The Morgan fingerprint density at radius 2 is 1.89 bits per heavy atom. The molecule has 0 fully saturated rings. The number of halogens is 2. The molecule has 1 N–H and O–H groups in total. The van der Waals surface area contributed by atoms with Gasteiger partial charge in [-0.15, -0.1) is 0 Å². The Balaban J connectivity index is 2.13. The van der Waals surface area contributed by atoms with E-state index in [4.69, 9.17) is 9.84 Å². The van der Waals surface area contributed by atoms with Crippen LogP contribution in [-0.2, 0) is 6.61 Å². The largest absolute Gasteiger partial charge is 0.489 e. The summed E-state index contributed by atoms with van der Waals surface area (Å²) in [4.78, 5) is 10.8. The Hall–Kier alpha value is -1.63. The van der Waals surface area contributed by atoms with E-state index < -0.39 is 11.8 Å². The average Bonchev–Trinajstić information content (AvgIpc) is 2.39. The standard InChI is InChI=1S/C14H10FIO3/c15-13-9(2-1-3-12(13)14(17)18)8-19-11-6-4-10(16)5-7-11/h1-7H,8H2,(H,17,18). The molecule has 98 valence electrons. The summed E-state index contributed by atoms with van der Waals surface area (Å²) in [5, 5.41) is 8.82. The Labute approximate surface area is 123 Å². The quantitative estimate of drug-likeness (QED) is 0.833. The van der Waals surface area contributed by atoms with E-state index >= 15 is 0 Å². The molecule has 2 aromatic carbocycles. The maximum atomic E-state index is 13.8. The monoisotopic (exact) mass is 372 g/mol. The molecule has 0 spiro atoms. The van der Waals surface area contributed by atoms with E-state index in [1.807, 2.05) is 12.1 Å². The summed E-state index contributed by atoms with van der Waals surface area (Å²) in [5.41, 5.74) is -0.123. The number of rotatable bonds is 4. The molecule has 0 amide bonds. The molecular weight excluding hydrogens is 362 g/mol. The molecule has 0 aliphatic carbocycles. The van der Waals surface area contributed by atoms with Crippen molar-refractivity contribution in [2.24, 2.45) is 0 Å². The zero-order chi connectivity index (χ0) is 13.8. The lowest BCUT2D eigenvalue weighted by Crippen LogP contribution is -2.05. The van der Waals surface area contributed by atoms with Gasteiger partial charge < -0.3 is 9.84 Å². The van der Waals surface area contributed by atoms with Gasteiger partial charge in [0.05, 0.1) is 5.56 Å². The van der Waals surface area contributed by atoms with Gasteiger partial charge in [0.1, 0.15) is 18.2 Å². The van der Waals surface area contributed by atoms with Gasteiger partial charge in [-0.3, -0.25) is 0 Å². The number of carboxylic acids is 1. The van der Waals surface area contributed by atoms with Crippen molar-refractivity contribution in [1.82, 2.24) is 0 Å². The summed E-state index contributed by atoms with van der Waals surface area (Å²) in [5.74, 6) is -1.42. The number of hydrogen-bond donors (Lipinski definition) is 1. The summed E-state index contributed by atoms with van der Waals surface area (Å²) in [6.07, 6.45) is 0. The molecule has 0 radical (unpaired) electrons. The zero-order valence-electron chi connectivity index (χ0n) is 9.77. The van der Waals surface area contributed by atoms with Crippen LogP contribution < -0.4 is 4.74 Å².